The van der Waals surface area contributed by atoms with Crippen LogP contribution in [0.25, 0.3) is 0 Å². The predicted octanol–water partition coefficient (Wildman–Crippen LogP) is 4.54. The Labute approximate surface area is 159 Å². The summed E-state index contributed by atoms with van der Waals surface area (Å²) in [6, 6.07) is 5.48. The lowest BCUT2D eigenvalue weighted by atomic mass is 10.2. The van der Waals surface area contributed by atoms with E-state index in [1.165, 1.54) is 0 Å². The number of fused-ring (bicyclic) bond motifs is 1. The number of nitrogens with one attached hydrogen (secondary N) is 1. The molecule has 0 unspecified atom stereocenters. The molecule has 1 aliphatic heterocycles. The van der Waals surface area contributed by atoms with Crippen LogP contribution in [-0.4, -0.2) is 30.2 Å². The summed E-state index contributed by atoms with van der Waals surface area (Å²) < 4.78 is 10.8. The topological polar surface area (TPSA) is 59.5 Å². The minimum Gasteiger partial charge on any atom is -0.497 e. The van der Waals surface area contributed by atoms with E-state index < -0.39 is 0 Å². The number of hydrogen-bond acceptors (Lipinski definition) is 6. The Morgan fingerprint density at radius 2 is 1.96 bits per heavy atom. The first-order valence-corrected chi connectivity index (χ1v) is 9.37. The maximum atomic E-state index is 6.34. The molecule has 26 heavy (non-hydrogen) atoms. The number of hydrogen-bond donors (Lipinski definition) is 1. The molecule has 0 aliphatic carbocycles. The first kappa shape index (κ1) is 18.7. The second kappa shape index (κ2) is 8.56. The second-order valence-corrected chi connectivity index (χ2v) is 6.65. The Hall–Kier alpha value is -2.05. The molecule has 140 valence electrons. The Morgan fingerprint density at radius 1 is 1.19 bits per heavy atom. The van der Waals surface area contributed by atoms with Crippen molar-refractivity contribution >= 4 is 29.1 Å². The van der Waals surface area contributed by atoms with Crippen molar-refractivity contribution in [2.24, 2.45) is 0 Å². The molecule has 1 aromatic heterocycles. The van der Waals surface area contributed by atoms with E-state index in [-0.39, 0.29) is 0 Å². The number of anilines is 3. The van der Waals surface area contributed by atoms with Gasteiger partial charge < -0.3 is 19.7 Å². The van der Waals surface area contributed by atoms with E-state index in [0.29, 0.717) is 29.9 Å². The highest BCUT2D eigenvalue weighted by atomic mass is 35.5. The van der Waals surface area contributed by atoms with Crippen molar-refractivity contribution in [1.29, 1.82) is 0 Å². The van der Waals surface area contributed by atoms with E-state index in [2.05, 4.69) is 29.0 Å². The molecule has 2 aromatic rings. The minimum atomic E-state index is 0.516. The Kier molecular flexibility index (Phi) is 6.16. The van der Waals surface area contributed by atoms with Gasteiger partial charge in [0.15, 0.2) is 0 Å². The molecule has 0 fully saturated rings. The van der Waals surface area contributed by atoms with Gasteiger partial charge in [0, 0.05) is 24.7 Å². The first-order chi connectivity index (χ1) is 12.7. The van der Waals surface area contributed by atoms with Crippen molar-refractivity contribution in [3.63, 3.8) is 0 Å². The van der Waals surface area contributed by atoms with Gasteiger partial charge in [-0.1, -0.05) is 25.4 Å². The molecule has 7 heteroatoms. The number of benzene rings is 1. The van der Waals surface area contributed by atoms with Crippen LogP contribution in [0, 0.1) is 0 Å². The lowest BCUT2D eigenvalue weighted by Crippen LogP contribution is -2.27. The van der Waals surface area contributed by atoms with Gasteiger partial charge in [-0.15, -0.1) is 0 Å². The van der Waals surface area contributed by atoms with Gasteiger partial charge in [0.25, 0.3) is 0 Å². The van der Waals surface area contributed by atoms with Gasteiger partial charge in [0.1, 0.15) is 11.6 Å². The van der Waals surface area contributed by atoms with Crippen LogP contribution in [0.3, 0.4) is 0 Å². The third kappa shape index (κ3) is 4.02. The molecule has 0 spiro atoms. The largest absolute Gasteiger partial charge is 0.497 e. The number of nitrogens with zero attached hydrogens (tertiary/aromatic N) is 3. The lowest BCUT2D eigenvalue weighted by molar-refractivity contribution is 0.133. The molecule has 0 radical (unpaired) electrons. The van der Waals surface area contributed by atoms with E-state index in [4.69, 9.17) is 26.1 Å². The molecule has 3 rings (SSSR count). The average molecular weight is 377 g/mol. The molecule has 0 saturated carbocycles. The zero-order valence-corrected chi connectivity index (χ0v) is 16.3. The van der Waals surface area contributed by atoms with Crippen LogP contribution >= 0.6 is 11.6 Å². The Balaban J connectivity index is 1.94. The van der Waals surface area contributed by atoms with Crippen LogP contribution in [-0.2, 0) is 18.0 Å². The normalized spacial score (nSPS) is 12.8. The van der Waals surface area contributed by atoms with E-state index in [1.807, 2.05) is 12.1 Å². The molecule has 0 saturated heterocycles. The van der Waals surface area contributed by atoms with Crippen LogP contribution in [0.4, 0.5) is 17.5 Å². The fourth-order valence-corrected chi connectivity index (χ4v) is 3.28. The molecule has 1 aromatic carbocycles. The number of rotatable bonds is 8. The quantitative estimate of drug-likeness (QED) is 0.729. The minimum absolute atomic E-state index is 0.516. The fraction of sp³-hybridized carbons (Fsp3) is 0.474. The van der Waals surface area contributed by atoms with Crippen molar-refractivity contribution in [3.05, 3.63) is 34.5 Å². The SMILES string of the molecule is CCCN(CCC)c1nc(Nc2ccc(OC)cc2Cl)nc2c1COC2. The third-order valence-electron chi connectivity index (χ3n) is 4.27. The molecule has 1 N–H and O–H groups in total. The van der Waals surface area contributed by atoms with Crippen LogP contribution < -0.4 is 15.0 Å². The maximum Gasteiger partial charge on any atom is 0.229 e. The Morgan fingerprint density at radius 3 is 2.62 bits per heavy atom. The third-order valence-corrected chi connectivity index (χ3v) is 4.58. The summed E-state index contributed by atoms with van der Waals surface area (Å²) in [4.78, 5) is 11.7. The van der Waals surface area contributed by atoms with Crippen molar-refractivity contribution in [3.8, 4) is 5.75 Å². The molecule has 0 amide bonds. The zero-order valence-electron chi connectivity index (χ0n) is 15.5. The highest BCUT2D eigenvalue weighted by molar-refractivity contribution is 6.33. The summed E-state index contributed by atoms with van der Waals surface area (Å²) in [6.07, 6.45) is 2.12. The lowest BCUT2D eigenvalue weighted by Gasteiger charge is -2.25. The molecular weight excluding hydrogens is 352 g/mol. The van der Waals surface area contributed by atoms with Crippen molar-refractivity contribution in [1.82, 2.24) is 9.97 Å². The summed E-state index contributed by atoms with van der Waals surface area (Å²) in [5, 5.41) is 3.80. The monoisotopic (exact) mass is 376 g/mol. The van der Waals surface area contributed by atoms with Crippen molar-refractivity contribution in [2.45, 2.75) is 39.9 Å². The second-order valence-electron chi connectivity index (χ2n) is 6.25. The molecule has 1 aliphatic rings. The maximum absolute atomic E-state index is 6.34. The molecule has 6 nitrogen and oxygen atoms in total. The number of methoxy groups -OCH3 is 1. The van der Waals surface area contributed by atoms with E-state index in [9.17, 15) is 0 Å². The molecular formula is C19H25ClN4O2. The van der Waals surface area contributed by atoms with Crippen LogP contribution in [0.15, 0.2) is 18.2 Å². The van der Waals surface area contributed by atoms with E-state index >= 15 is 0 Å². The molecule has 0 bridgehead atoms. The summed E-state index contributed by atoms with van der Waals surface area (Å²) in [6.45, 7) is 7.36. The smallest absolute Gasteiger partial charge is 0.229 e. The molecule has 0 atom stereocenters. The van der Waals surface area contributed by atoms with Gasteiger partial charge in [-0.05, 0) is 25.0 Å². The van der Waals surface area contributed by atoms with Gasteiger partial charge in [-0.2, -0.15) is 4.98 Å². The van der Waals surface area contributed by atoms with Gasteiger partial charge >= 0.3 is 0 Å². The highest BCUT2D eigenvalue weighted by Crippen LogP contribution is 2.32. The Bertz CT molecular complexity index is 763. The van der Waals surface area contributed by atoms with Gasteiger partial charge in [0.2, 0.25) is 5.95 Å². The summed E-state index contributed by atoms with van der Waals surface area (Å²) in [7, 11) is 1.62. The number of aromatic nitrogens is 2. The average Bonchev–Trinajstić information content (AvgIpc) is 3.11. The van der Waals surface area contributed by atoms with Gasteiger partial charge in [-0.25, -0.2) is 4.98 Å². The van der Waals surface area contributed by atoms with E-state index in [1.54, 1.807) is 13.2 Å². The van der Waals surface area contributed by atoms with Crippen LogP contribution in [0.5, 0.6) is 5.75 Å². The molecule has 2 heterocycles. The standard InChI is InChI=1S/C19H25ClN4O2/c1-4-8-24(9-5-2)18-14-11-26-12-17(14)22-19(23-18)21-16-7-6-13(25-3)10-15(16)20/h6-7,10H,4-5,8-9,11-12H2,1-3H3,(H,21,22,23). The predicted molar refractivity (Wildman–Crippen MR) is 105 cm³/mol. The van der Waals surface area contributed by atoms with Crippen LogP contribution in [0.2, 0.25) is 5.02 Å². The summed E-state index contributed by atoms with van der Waals surface area (Å²) >= 11 is 6.34. The van der Waals surface area contributed by atoms with Crippen molar-refractivity contribution < 1.29 is 9.47 Å². The number of ether oxygens (including phenoxy) is 2. The number of halogens is 1. The van der Waals surface area contributed by atoms with Gasteiger partial charge in [0.05, 0.1) is 36.7 Å². The first-order valence-electron chi connectivity index (χ1n) is 8.99. The van der Waals surface area contributed by atoms with Gasteiger partial charge in [-0.3, -0.25) is 0 Å². The summed E-state index contributed by atoms with van der Waals surface area (Å²) in [5.41, 5.74) is 2.78. The summed E-state index contributed by atoms with van der Waals surface area (Å²) in [5.74, 6) is 2.21. The van der Waals surface area contributed by atoms with E-state index in [0.717, 1.165) is 48.7 Å². The van der Waals surface area contributed by atoms with Crippen molar-refractivity contribution in [2.75, 3.05) is 30.4 Å². The van der Waals surface area contributed by atoms with Crippen LogP contribution in [0.1, 0.15) is 37.9 Å². The fourth-order valence-electron chi connectivity index (χ4n) is 3.06. The highest BCUT2D eigenvalue weighted by Gasteiger charge is 2.23. The zero-order chi connectivity index (χ0) is 18.5.